The highest BCUT2D eigenvalue weighted by molar-refractivity contribution is 6.22. The van der Waals surface area contributed by atoms with Gasteiger partial charge in [-0.05, 0) is 35.9 Å². The number of amides is 3. The first kappa shape index (κ1) is 17.6. The van der Waals surface area contributed by atoms with Gasteiger partial charge in [0.2, 0.25) is 5.91 Å². The van der Waals surface area contributed by atoms with Gasteiger partial charge in [0.15, 0.2) is 0 Å². The Labute approximate surface area is 162 Å². The number of rotatable bonds is 5. The van der Waals surface area contributed by atoms with Crippen LogP contribution in [0.4, 0.5) is 5.69 Å². The van der Waals surface area contributed by atoms with Gasteiger partial charge in [-0.2, -0.15) is 0 Å². The summed E-state index contributed by atoms with van der Waals surface area (Å²) in [6.07, 6.45) is 3.35. The first-order valence-corrected chi connectivity index (χ1v) is 8.84. The highest BCUT2D eigenvalue weighted by Crippen LogP contribution is 2.23. The van der Waals surface area contributed by atoms with Crippen molar-refractivity contribution in [2.45, 2.75) is 6.54 Å². The van der Waals surface area contributed by atoms with Gasteiger partial charge in [-0.15, -0.1) is 0 Å². The van der Waals surface area contributed by atoms with Gasteiger partial charge in [0, 0.05) is 18.1 Å². The van der Waals surface area contributed by atoms with Crippen molar-refractivity contribution < 1.29 is 14.4 Å². The maximum atomic E-state index is 13.1. The summed E-state index contributed by atoms with van der Waals surface area (Å²) in [5.41, 5.74) is 2.20. The molecule has 0 saturated heterocycles. The average Bonchev–Trinajstić information content (AvgIpc) is 2.98. The number of nitrogens with zero attached hydrogens (tertiary/aromatic N) is 3. The van der Waals surface area contributed by atoms with Crippen molar-refractivity contribution >= 4 is 23.4 Å². The Balaban J connectivity index is 1.60. The van der Waals surface area contributed by atoms with Crippen LogP contribution in [-0.2, 0) is 11.3 Å². The standard InChI is InChI=1S/C22H17N3O3/c26-20(15-25-21(27)18-10-4-5-11-19(18)22(25)28)24(17-8-2-1-3-9-17)14-16-7-6-12-23-13-16/h1-13H,14-15H2. The van der Waals surface area contributed by atoms with Crippen molar-refractivity contribution in [3.8, 4) is 0 Å². The van der Waals surface area contributed by atoms with Crippen molar-refractivity contribution in [3.05, 3.63) is 95.8 Å². The van der Waals surface area contributed by atoms with Crippen molar-refractivity contribution in [2.75, 3.05) is 11.4 Å². The molecular weight excluding hydrogens is 354 g/mol. The molecule has 0 spiro atoms. The van der Waals surface area contributed by atoms with Crippen LogP contribution in [0.3, 0.4) is 0 Å². The van der Waals surface area contributed by atoms with E-state index in [0.717, 1.165) is 10.5 Å². The van der Waals surface area contributed by atoms with Gasteiger partial charge in [-0.3, -0.25) is 24.3 Å². The molecule has 4 rings (SSSR count). The number of carbonyl (C=O) groups is 3. The Morgan fingerprint density at radius 2 is 1.50 bits per heavy atom. The highest BCUT2D eigenvalue weighted by atomic mass is 16.2. The van der Waals surface area contributed by atoms with Crippen LogP contribution in [0.15, 0.2) is 79.1 Å². The Morgan fingerprint density at radius 1 is 0.857 bits per heavy atom. The summed E-state index contributed by atoms with van der Waals surface area (Å²) in [5, 5.41) is 0. The van der Waals surface area contributed by atoms with Gasteiger partial charge in [0.25, 0.3) is 11.8 Å². The fourth-order valence-electron chi connectivity index (χ4n) is 3.21. The third-order valence-electron chi connectivity index (χ3n) is 4.60. The van der Waals surface area contributed by atoms with E-state index in [1.165, 1.54) is 0 Å². The molecule has 1 aliphatic rings. The molecule has 1 aromatic heterocycles. The average molecular weight is 371 g/mol. The van der Waals surface area contributed by atoms with Crippen molar-refractivity contribution in [2.24, 2.45) is 0 Å². The predicted molar refractivity (Wildman–Crippen MR) is 104 cm³/mol. The summed E-state index contributed by atoms with van der Waals surface area (Å²) in [6.45, 7) is -0.0264. The number of pyridine rings is 1. The molecule has 0 aliphatic carbocycles. The molecule has 3 amide bonds. The fourth-order valence-corrected chi connectivity index (χ4v) is 3.21. The van der Waals surface area contributed by atoms with Gasteiger partial charge < -0.3 is 4.90 Å². The van der Waals surface area contributed by atoms with E-state index in [1.54, 1.807) is 47.6 Å². The smallest absolute Gasteiger partial charge is 0.262 e. The molecule has 138 valence electrons. The van der Waals surface area contributed by atoms with E-state index in [9.17, 15) is 14.4 Å². The van der Waals surface area contributed by atoms with Gasteiger partial charge in [-0.1, -0.05) is 36.4 Å². The Kier molecular flexibility index (Phi) is 4.68. The van der Waals surface area contributed by atoms with Gasteiger partial charge in [0.05, 0.1) is 17.7 Å². The molecule has 6 nitrogen and oxygen atoms in total. The molecule has 0 radical (unpaired) electrons. The predicted octanol–water partition coefficient (Wildman–Crippen LogP) is 2.91. The lowest BCUT2D eigenvalue weighted by molar-refractivity contribution is -0.119. The quantitative estimate of drug-likeness (QED) is 0.647. The van der Waals surface area contributed by atoms with E-state index in [-0.39, 0.29) is 12.5 Å². The normalized spacial score (nSPS) is 12.8. The molecule has 6 heteroatoms. The SMILES string of the molecule is O=C1c2ccccc2C(=O)N1CC(=O)N(Cc1cccnc1)c1ccccc1. The molecule has 2 aromatic carbocycles. The molecule has 28 heavy (non-hydrogen) atoms. The third kappa shape index (κ3) is 3.27. The second-order valence-electron chi connectivity index (χ2n) is 6.42. The summed E-state index contributed by atoms with van der Waals surface area (Å²) < 4.78 is 0. The summed E-state index contributed by atoms with van der Waals surface area (Å²) in [6, 6.07) is 19.4. The number of anilines is 1. The van der Waals surface area contributed by atoms with Crippen LogP contribution in [0.1, 0.15) is 26.3 Å². The lowest BCUT2D eigenvalue weighted by Gasteiger charge is -2.25. The summed E-state index contributed by atoms with van der Waals surface area (Å²) in [5.74, 6) is -1.23. The molecule has 0 unspecified atom stereocenters. The lowest BCUT2D eigenvalue weighted by atomic mass is 10.1. The van der Waals surface area contributed by atoms with Crippen LogP contribution >= 0.6 is 0 Å². The third-order valence-corrected chi connectivity index (χ3v) is 4.60. The maximum Gasteiger partial charge on any atom is 0.262 e. The molecule has 1 aliphatic heterocycles. The molecular formula is C22H17N3O3. The summed E-state index contributed by atoms with van der Waals surface area (Å²) in [7, 11) is 0. The zero-order valence-electron chi connectivity index (χ0n) is 15.0. The van der Waals surface area contributed by atoms with Crippen LogP contribution in [0.5, 0.6) is 0 Å². The van der Waals surface area contributed by atoms with Crippen LogP contribution < -0.4 is 4.90 Å². The van der Waals surface area contributed by atoms with E-state index >= 15 is 0 Å². The number of benzene rings is 2. The molecule has 0 N–H and O–H groups in total. The van der Waals surface area contributed by atoms with Gasteiger partial charge >= 0.3 is 0 Å². The molecule has 2 heterocycles. The van der Waals surface area contributed by atoms with E-state index in [4.69, 9.17) is 0 Å². The molecule has 3 aromatic rings. The summed E-state index contributed by atoms with van der Waals surface area (Å²) >= 11 is 0. The highest BCUT2D eigenvalue weighted by Gasteiger charge is 2.37. The number of para-hydroxylation sites is 1. The largest absolute Gasteiger partial charge is 0.306 e. The fraction of sp³-hybridized carbons (Fsp3) is 0.0909. The van der Waals surface area contributed by atoms with Crippen LogP contribution in [0.2, 0.25) is 0 Å². The van der Waals surface area contributed by atoms with E-state index in [1.807, 2.05) is 36.4 Å². The molecule has 0 saturated carbocycles. The molecule has 0 bridgehead atoms. The zero-order chi connectivity index (χ0) is 19.5. The second kappa shape index (κ2) is 7.44. The number of aromatic nitrogens is 1. The van der Waals surface area contributed by atoms with Gasteiger partial charge in [0.1, 0.15) is 6.54 Å². The monoisotopic (exact) mass is 371 g/mol. The zero-order valence-corrected chi connectivity index (χ0v) is 15.0. The van der Waals surface area contributed by atoms with Crippen molar-refractivity contribution in [1.29, 1.82) is 0 Å². The molecule has 0 atom stereocenters. The van der Waals surface area contributed by atoms with E-state index in [2.05, 4.69) is 4.98 Å². The minimum absolute atomic E-state index is 0.292. The van der Waals surface area contributed by atoms with Crippen LogP contribution in [-0.4, -0.2) is 34.2 Å². The number of hydrogen-bond acceptors (Lipinski definition) is 4. The minimum atomic E-state index is -0.441. The van der Waals surface area contributed by atoms with E-state index in [0.29, 0.717) is 23.4 Å². The first-order valence-electron chi connectivity index (χ1n) is 8.84. The number of imide groups is 1. The number of hydrogen-bond donors (Lipinski definition) is 0. The topological polar surface area (TPSA) is 70.6 Å². The Hall–Kier alpha value is -3.80. The first-order chi connectivity index (χ1) is 13.6. The maximum absolute atomic E-state index is 13.1. The number of fused-ring (bicyclic) bond motifs is 1. The lowest BCUT2D eigenvalue weighted by Crippen LogP contribution is -2.42. The summed E-state index contributed by atoms with van der Waals surface area (Å²) in [4.78, 5) is 44.9. The van der Waals surface area contributed by atoms with Crippen molar-refractivity contribution in [1.82, 2.24) is 9.88 Å². The minimum Gasteiger partial charge on any atom is -0.306 e. The molecule has 0 fully saturated rings. The van der Waals surface area contributed by atoms with Crippen molar-refractivity contribution in [3.63, 3.8) is 0 Å². The van der Waals surface area contributed by atoms with Crippen LogP contribution in [0, 0.1) is 0 Å². The number of carbonyl (C=O) groups excluding carboxylic acids is 3. The van der Waals surface area contributed by atoms with E-state index < -0.39 is 11.8 Å². The van der Waals surface area contributed by atoms with Crippen LogP contribution in [0.25, 0.3) is 0 Å². The Morgan fingerprint density at radius 3 is 2.11 bits per heavy atom. The second-order valence-corrected chi connectivity index (χ2v) is 6.42. The van der Waals surface area contributed by atoms with Gasteiger partial charge in [-0.25, -0.2) is 0 Å². The Bertz CT molecular complexity index is 1000.